The SMILES string of the molecule is N[C@@H](CO)C(=O)O.Sc1ncon1. The van der Waals surface area contributed by atoms with Gasteiger partial charge in [0.1, 0.15) is 6.04 Å². The molecule has 0 aromatic carbocycles. The van der Waals surface area contributed by atoms with Crippen LogP contribution in [0.1, 0.15) is 0 Å². The number of carboxylic acids is 1. The van der Waals surface area contributed by atoms with E-state index in [1.54, 1.807) is 0 Å². The van der Waals surface area contributed by atoms with Crippen LogP contribution in [0, 0.1) is 0 Å². The average molecular weight is 207 g/mol. The first-order valence-electron chi connectivity index (χ1n) is 3.12. The molecular weight excluding hydrogens is 198 g/mol. The van der Waals surface area contributed by atoms with E-state index in [1.807, 2.05) is 0 Å². The molecule has 1 aromatic heterocycles. The predicted octanol–water partition coefficient (Wildman–Crippen LogP) is -1.25. The highest BCUT2D eigenvalue weighted by molar-refractivity contribution is 7.80. The first-order valence-corrected chi connectivity index (χ1v) is 3.57. The van der Waals surface area contributed by atoms with Crippen LogP contribution in [-0.2, 0) is 4.79 Å². The number of carboxylic acid groups (broad SMARTS) is 1. The number of aliphatic hydroxyl groups excluding tert-OH is 1. The fourth-order valence-electron chi connectivity index (χ4n) is 0.243. The molecule has 7 nitrogen and oxygen atoms in total. The summed E-state index contributed by atoms with van der Waals surface area (Å²) in [5, 5.41) is 19.6. The highest BCUT2D eigenvalue weighted by atomic mass is 32.1. The Morgan fingerprint density at radius 2 is 2.46 bits per heavy atom. The molecule has 4 N–H and O–H groups in total. The Morgan fingerprint density at radius 3 is 2.54 bits per heavy atom. The quantitative estimate of drug-likeness (QED) is 0.447. The monoisotopic (exact) mass is 207 g/mol. The number of nitrogens with zero attached hydrogens (tertiary/aromatic N) is 2. The van der Waals surface area contributed by atoms with Crippen LogP contribution in [0.3, 0.4) is 0 Å². The zero-order valence-corrected chi connectivity index (χ0v) is 7.39. The lowest BCUT2D eigenvalue weighted by molar-refractivity contribution is -0.139. The Morgan fingerprint density at radius 1 is 1.85 bits per heavy atom. The fourth-order valence-corrected chi connectivity index (χ4v) is 0.337. The van der Waals surface area contributed by atoms with Gasteiger partial charge in [-0.3, -0.25) is 4.79 Å². The molecule has 0 aliphatic heterocycles. The number of aliphatic carboxylic acids is 1. The zero-order valence-electron chi connectivity index (χ0n) is 6.49. The van der Waals surface area contributed by atoms with Crippen molar-refractivity contribution in [1.82, 2.24) is 10.1 Å². The van der Waals surface area contributed by atoms with Gasteiger partial charge in [-0.1, -0.05) is 5.16 Å². The van der Waals surface area contributed by atoms with Crippen molar-refractivity contribution in [1.29, 1.82) is 0 Å². The molecule has 74 valence electrons. The maximum Gasteiger partial charge on any atom is 0.322 e. The van der Waals surface area contributed by atoms with Crippen LogP contribution in [0.15, 0.2) is 16.1 Å². The summed E-state index contributed by atoms with van der Waals surface area (Å²) in [4.78, 5) is 13.1. The minimum atomic E-state index is -1.18. The van der Waals surface area contributed by atoms with Gasteiger partial charge < -0.3 is 20.5 Å². The molecule has 0 unspecified atom stereocenters. The Hall–Kier alpha value is -1.12. The summed E-state index contributed by atoms with van der Waals surface area (Å²) in [5.41, 5.74) is 4.77. The molecule has 0 aliphatic carbocycles. The molecule has 0 fully saturated rings. The second-order valence-electron chi connectivity index (χ2n) is 1.86. The van der Waals surface area contributed by atoms with Crippen molar-refractivity contribution in [3.8, 4) is 0 Å². The lowest BCUT2D eigenvalue weighted by Gasteiger charge is -1.96. The van der Waals surface area contributed by atoms with Crippen molar-refractivity contribution < 1.29 is 19.5 Å². The normalized spacial score (nSPS) is 11.3. The van der Waals surface area contributed by atoms with E-state index in [-0.39, 0.29) is 0 Å². The Bertz CT molecular complexity index is 240. The topological polar surface area (TPSA) is 122 Å². The van der Waals surface area contributed by atoms with Crippen LogP contribution < -0.4 is 5.73 Å². The van der Waals surface area contributed by atoms with Gasteiger partial charge in [0, 0.05) is 0 Å². The van der Waals surface area contributed by atoms with E-state index in [1.165, 1.54) is 6.39 Å². The van der Waals surface area contributed by atoms with E-state index < -0.39 is 18.6 Å². The lowest BCUT2D eigenvalue weighted by atomic mass is 10.3. The number of hydrogen-bond acceptors (Lipinski definition) is 7. The minimum absolute atomic E-state index is 0.370. The van der Waals surface area contributed by atoms with Crippen molar-refractivity contribution >= 4 is 18.6 Å². The molecule has 8 heteroatoms. The molecule has 0 amide bonds. The molecule has 0 radical (unpaired) electrons. The summed E-state index contributed by atoms with van der Waals surface area (Å²) >= 11 is 3.72. The van der Waals surface area contributed by atoms with Crippen LogP contribution in [0.4, 0.5) is 0 Å². The molecule has 0 saturated heterocycles. The molecule has 0 aliphatic rings. The van der Waals surface area contributed by atoms with Gasteiger partial charge in [0.05, 0.1) is 6.61 Å². The van der Waals surface area contributed by atoms with E-state index in [0.29, 0.717) is 5.16 Å². The van der Waals surface area contributed by atoms with Crippen LogP contribution in [0.5, 0.6) is 0 Å². The number of aromatic nitrogens is 2. The van der Waals surface area contributed by atoms with E-state index in [2.05, 4.69) is 27.3 Å². The average Bonchev–Trinajstić information content (AvgIpc) is 2.55. The second-order valence-corrected chi connectivity index (χ2v) is 2.26. The fraction of sp³-hybridized carbons (Fsp3) is 0.400. The Labute approximate surface area is 79.0 Å². The number of carbonyl (C=O) groups is 1. The van der Waals surface area contributed by atoms with Gasteiger partial charge in [0.25, 0.3) is 0 Å². The van der Waals surface area contributed by atoms with Gasteiger partial charge in [-0.15, -0.1) is 12.6 Å². The van der Waals surface area contributed by atoms with Gasteiger partial charge in [0.15, 0.2) is 0 Å². The minimum Gasteiger partial charge on any atom is -0.480 e. The molecule has 1 aromatic rings. The largest absolute Gasteiger partial charge is 0.480 e. The van der Waals surface area contributed by atoms with Gasteiger partial charge in [0.2, 0.25) is 11.6 Å². The van der Waals surface area contributed by atoms with Crippen molar-refractivity contribution in [2.45, 2.75) is 11.2 Å². The maximum atomic E-state index is 9.65. The second kappa shape index (κ2) is 6.40. The van der Waals surface area contributed by atoms with Crippen LogP contribution in [0.25, 0.3) is 0 Å². The molecule has 0 saturated carbocycles. The molecular formula is C5H9N3O4S. The molecule has 1 rings (SSSR count). The van der Waals surface area contributed by atoms with Crippen LogP contribution in [0.2, 0.25) is 0 Å². The highest BCUT2D eigenvalue weighted by Crippen LogP contribution is 1.89. The predicted molar refractivity (Wildman–Crippen MR) is 44.2 cm³/mol. The smallest absolute Gasteiger partial charge is 0.322 e. The van der Waals surface area contributed by atoms with Gasteiger partial charge in [-0.05, 0) is 0 Å². The van der Waals surface area contributed by atoms with Crippen LogP contribution in [-0.4, -0.2) is 39.0 Å². The summed E-state index contributed by atoms with van der Waals surface area (Å²) in [6.07, 6.45) is 1.22. The van der Waals surface area contributed by atoms with Gasteiger partial charge in [-0.25, -0.2) is 0 Å². The van der Waals surface area contributed by atoms with Crippen molar-refractivity contribution in [2.24, 2.45) is 5.73 Å². The van der Waals surface area contributed by atoms with E-state index >= 15 is 0 Å². The third-order valence-electron chi connectivity index (χ3n) is 0.864. The molecule has 1 heterocycles. The highest BCUT2D eigenvalue weighted by Gasteiger charge is 2.06. The zero-order chi connectivity index (χ0) is 10.3. The third kappa shape index (κ3) is 6.08. The molecule has 13 heavy (non-hydrogen) atoms. The summed E-state index contributed by atoms with van der Waals surface area (Å²) in [6.45, 7) is -0.505. The van der Waals surface area contributed by atoms with Crippen molar-refractivity contribution in [2.75, 3.05) is 6.61 Å². The Kier molecular flexibility index (Phi) is 5.85. The van der Waals surface area contributed by atoms with Crippen LogP contribution >= 0.6 is 12.6 Å². The first-order chi connectivity index (χ1) is 6.07. The third-order valence-corrected chi connectivity index (χ3v) is 1.06. The standard InChI is InChI=1S/C3H7NO3.C2H2N2OS/c4-2(1-5)3(6)7;6-2-3-1-5-4-2/h2,5H,1,4H2,(H,6,7);1H,(H,4,6)/t2-;/m0./s1. The van der Waals surface area contributed by atoms with E-state index in [0.717, 1.165) is 0 Å². The van der Waals surface area contributed by atoms with E-state index in [4.69, 9.17) is 15.9 Å². The van der Waals surface area contributed by atoms with Gasteiger partial charge >= 0.3 is 5.97 Å². The number of thiol groups is 1. The molecule has 1 atom stereocenters. The van der Waals surface area contributed by atoms with Crippen molar-refractivity contribution in [3.63, 3.8) is 0 Å². The van der Waals surface area contributed by atoms with Crippen molar-refractivity contribution in [3.05, 3.63) is 6.39 Å². The number of aliphatic hydroxyl groups is 1. The summed E-state index contributed by atoms with van der Waals surface area (Å²) in [5.74, 6) is -1.18. The Balaban J connectivity index is 0.000000223. The molecule has 0 spiro atoms. The van der Waals surface area contributed by atoms with Gasteiger partial charge in [-0.2, -0.15) is 4.98 Å². The first kappa shape index (κ1) is 11.9. The van der Waals surface area contributed by atoms with E-state index in [9.17, 15) is 4.79 Å². The molecule has 0 bridgehead atoms. The number of nitrogens with two attached hydrogens (primary N) is 1. The summed E-state index contributed by atoms with van der Waals surface area (Å²) in [7, 11) is 0. The summed E-state index contributed by atoms with van der Waals surface area (Å²) in [6, 6.07) is -1.13. The number of hydrogen-bond donors (Lipinski definition) is 4. The summed E-state index contributed by atoms with van der Waals surface area (Å²) < 4.78 is 4.28. The maximum absolute atomic E-state index is 9.65. The lowest BCUT2D eigenvalue weighted by Crippen LogP contribution is -2.33. The number of rotatable bonds is 2.